The number of carbonyl (C=O) groups excluding carboxylic acids is 1. The SMILES string of the molecule is CC(C)c1nc2cncc(C(=O)N3CCN(c4cc(F)cc(C#N)c4)CC3)c2o1. The summed E-state index contributed by atoms with van der Waals surface area (Å²) in [5.41, 5.74) is 2.35. The van der Waals surface area contributed by atoms with Crippen molar-refractivity contribution >= 4 is 22.7 Å². The van der Waals surface area contributed by atoms with Crippen LogP contribution in [0.5, 0.6) is 0 Å². The number of rotatable bonds is 3. The molecule has 148 valence electrons. The highest BCUT2D eigenvalue weighted by Gasteiger charge is 2.26. The maximum atomic E-state index is 13.7. The van der Waals surface area contributed by atoms with E-state index in [4.69, 9.17) is 9.68 Å². The number of benzene rings is 1. The van der Waals surface area contributed by atoms with Crippen LogP contribution < -0.4 is 4.90 Å². The lowest BCUT2D eigenvalue weighted by Gasteiger charge is -2.36. The van der Waals surface area contributed by atoms with Crippen molar-refractivity contribution in [2.45, 2.75) is 19.8 Å². The molecule has 0 N–H and O–H groups in total. The van der Waals surface area contributed by atoms with Crippen molar-refractivity contribution in [2.75, 3.05) is 31.1 Å². The van der Waals surface area contributed by atoms with Gasteiger partial charge in [-0.3, -0.25) is 9.78 Å². The van der Waals surface area contributed by atoms with E-state index in [1.807, 2.05) is 24.8 Å². The summed E-state index contributed by atoms with van der Waals surface area (Å²) in [5, 5.41) is 9.04. The number of pyridine rings is 1. The number of nitriles is 1. The standard InChI is InChI=1S/C21H20FN5O2/c1-13(2)20-25-18-12-24-11-17(19(18)29-20)21(28)27-5-3-26(4-6-27)16-8-14(10-23)7-15(22)9-16/h7-9,11-13H,3-6H2,1-2H3. The number of fused-ring (bicyclic) bond motifs is 1. The van der Waals surface area contributed by atoms with E-state index in [-0.39, 0.29) is 17.4 Å². The van der Waals surface area contributed by atoms with Crippen molar-refractivity contribution in [3.8, 4) is 6.07 Å². The van der Waals surface area contributed by atoms with Crippen LogP contribution in [0.1, 0.15) is 41.6 Å². The molecule has 8 heteroatoms. The van der Waals surface area contributed by atoms with Crippen LogP contribution in [0.4, 0.5) is 10.1 Å². The van der Waals surface area contributed by atoms with Crippen LogP contribution in [0.15, 0.2) is 35.0 Å². The summed E-state index contributed by atoms with van der Waals surface area (Å²) in [6.45, 7) is 5.97. The number of piperazine rings is 1. The molecule has 29 heavy (non-hydrogen) atoms. The predicted molar refractivity (Wildman–Crippen MR) is 105 cm³/mol. The van der Waals surface area contributed by atoms with Gasteiger partial charge >= 0.3 is 0 Å². The lowest BCUT2D eigenvalue weighted by Crippen LogP contribution is -2.48. The molecule has 0 saturated carbocycles. The highest BCUT2D eigenvalue weighted by Crippen LogP contribution is 2.25. The van der Waals surface area contributed by atoms with Crippen LogP contribution >= 0.6 is 0 Å². The molecule has 0 atom stereocenters. The Morgan fingerprint density at radius 2 is 1.97 bits per heavy atom. The van der Waals surface area contributed by atoms with Gasteiger partial charge in [-0.1, -0.05) is 13.8 Å². The van der Waals surface area contributed by atoms with Gasteiger partial charge in [0.25, 0.3) is 5.91 Å². The zero-order valence-corrected chi connectivity index (χ0v) is 16.2. The highest BCUT2D eigenvalue weighted by molar-refractivity contribution is 6.03. The molecule has 1 amide bonds. The summed E-state index contributed by atoms with van der Waals surface area (Å²) in [7, 11) is 0. The van der Waals surface area contributed by atoms with Crippen LogP contribution in [0.2, 0.25) is 0 Å². The Balaban J connectivity index is 1.52. The predicted octanol–water partition coefficient (Wildman–Crippen LogP) is 3.32. The molecule has 0 aliphatic carbocycles. The number of carbonyl (C=O) groups is 1. The molecule has 1 aromatic carbocycles. The van der Waals surface area contributed by atoms with Gasteiger partial charge in [-0.2, -0.15) is 5.26 Å². The van der Waals surface area contributed by atoms with Crippen LogP contribution in [0, 0.1) is 17.1 Å². The van der Waals surface area contributed by atoms with Crippen LogP contribution in [-0.4, -0.2) is 47.0 Å². The zero-order valence-electron chi connectivity index (χ0n) is 16.2. The Labute approximate surface area is 167 Å². The fourth-order valence-electron chi connectivity index (χ4n) is 3.43. The Hall–Kier alpha value is -3.47. The first-order valence-corrected chi connectivity index (χ1v) is 9.45. The Morgan fingerprint density at radius 1 is 1.21 bits per heavy atom. The Bertz CT molecular complexity index is 1110. The van der Waals surface area contributed by atoms with Crippen molar-refractivity contribution in [3.05, 3.63) is 53.4 Å². The summed E-state index contributed by atoms with van der Waals surface area (Å²) in [4.78, 5) is 25.3. The van der Waals surface area contributed by atoms with Gasteiger partial charge in [0, 0.05) is 44.0 Å². The topological polar surface area (TPSA) is 86.3 Å². The van der Waals surface area contributed by atoms with Crippen LogP contribution in [0.3, 0.4) is 0 Å². The molecule has 0 spiro atoms. The molecule has 4 rings (SSSR count). The lowest BCUT2D eigenvalue weighted by molar-refractivity contribution is 0.0747. The second-order valence-corrected chi connectivity index (χ2v) is 7.33. The number of halogens is 1. The van der Waals surface area contributed by atoms with Crippen molar-refractivity contribution in [1.29, 1.82) is 5.26 Å². The highest BCUT2D eigenvalue weighted by atomic mass is 19.1. The smallest absolute Gasteiger partial charge is 0.259 e. The van der Waals surface area contributed by atoms with Gasteiger partial charge in [0.05, 0.1) is 17.8 Å². The van der Waals surface area contributed by atoms with Gasteiger partial charge in [0.1, 0.15) is 16.9 Å². The van der Waals surface area contributed by atoms with Crippen molar-refractivity contribution in [1.82, 2.24) is 14.9 Å². The monoisotopic (exact) mass is 393 g/mol. The Morgan fingerprint density at radius 3 is 2.66 bits per heavy atom. The summed E-state index contributed by atoms with van der Waals surface area (Å²) >= 11 is 0. The molecular formula is C21H20FN5O2. The maximum Gasteiger partial charge on any atom is 0.259 e. The minimum atomic E-state index is -0.443. The fraction of sp³-hybridized carbons (Fsp3) is 0.333. The molecule has 0 unspecified atom stereocenters. The number of hydrogen-bond donors (Lipinski definition) is 0. The quantitative estimate of drug-likeness (QED) is 0.679. The van der Waals surface area contributed by atoms with E-state index in [0.717, 1.165) is 0 Å². The molecular weight excluding hydrogens is 373 g/mol. The van der Waals surface area contributed by atoms with Gasteiger partial charge in [-0.25, -0.2) is 9.37 Å². The van der Waals surface area contributed by atoms with E-state index < -0.39 is 5.82 Å². The zero-order chi connectivity index (χ0) is 20.5. The number of aromatic nitrogens is 2. The van der Waals surface area contributed by atoms with Crippen LogP contribution in [-0.2, 0) is 0 Å². The van der Waals surface area contributed by atoms with Crippen molar-refractivity contribution in [2.24, 2.45) is 0 Å². The van der Waals surface area contributed by atoms with E-state index in [1.165, 1.54) is 18.3 Å². The first kappa shape index (κ1) is 18.9. The summed E-state index contributed by atoms with van der Waals surface area (Å²) < 4.78 is 19.6. The molecule has 0 bridgehead atoms. The number of hydrogen-bond acceptors (Lipinski definition) is 6. The molecule has 3 aromatic rings. The first-order valence-electron chi connectivity index (χ1n) is 9.45. The third-order valence-electron chi connectivity index (χ3n) is 4.98. The lowest BCUT2D eigenvalue weighted by atomic mass is 10.1. The van der Waals surface area contributed by atoms with Crippen LogP contribution in [0.25, 0.3) is 11.1 Å². The second kappa shape index (κ2) is 7.51. The molecule has 1 aliphatic rings. The van der Waals surface area contributed by atoms with Gasteiger partial charge in [-0.05, 0) is 18.2 Å². The fourth-order valence-corrected chi connectivity index (χ4v) is 3.43. The largest absolute Gasteiger partial charge is 0.439 e. The average Bonchev–Trinajstić information content (AvgIpc) is 3.18. The Kier molecular flexibility index (Phi) is 4.89. The van der Waals surface area contributed by atoms with Gasteiger partial charge in [0.15, 0.2) is 11.5 Å². The average molecular weight is 393 g/mol. The molecule has 7 nitrogen and oxygen atoms in total. The van der Waals surface area contributed by atoms with E-state index in [9.17, 15) is 9.18 Å². The number of oxazole rings is 1. The van der Waals surface area contributed by atoms with E-state index in [1.54, 1.807) is 17.2 Å². The molecule has 3 heterocycles. The third-order valence-corrected chi connectivity index (χ3v) is 4.98. The normalized spacial score (nSPS) is 14.4. The molecule has 1 aliphatic heterocycles. The number of anilines is 1. The maximum absolute atomic E-state index is 13.7. The van der Waals surface area contributed by atoms with Crippen molar-refractivity contribution in [3.63, 3.8) is 0 Å². The first-order chi connectivity index (χ1) is 14.0. The molecule has 0 radical (unpaired) electrons. The van der Waals surface area contributed by atoms with Crippen molar-refractivity contribution < 1.29 is 13.6 Å². The molecule has 1 saturated heterocycles. The molecule has 2 aromatic heterocycles. The van der Waals surface area contributed by atoms with Gasteiger partial charge < -0.3 is 14.2 Å². The van der Waals surface area contributed by atoms with Gasteiger partial charge in [-0.15, -0.1) is 0 Å². The summed E-state index contributed by atoms with van der Waals surface area (Å²) in [6.07, 6.45) is 3.11. The molecule has 1 fully saturated rings. The minimum Gasteiger partial charge on any atom is -0.439 e. The summed E-state index contributed by atoms with van der Waals surface area (Å²) in [5.74, 6) is 0.0810. The van der Waals surface area contributed by atoms with E-state index >= 15 is 0 Å². The van der Waals surface area contributed by atoms with Gasteiger partial charge in [0.2, 0.25) is 0 Å². The second-order valence-electron chi connectivity index (χ2n) is 7.33. The minimum absolute atomic E-state index is 0.110. The number of amides is 1. The third kappa shape index (κ3) is 3.63. The van der Waals surface area contributed by atoms with E-state index in [2.05, 4.69) is 9.97 Å². The number of nitrogens with zero attached hydrogens (tertiary/aromatic N) is 5. The van der Waals surface area contributed by atoms with E-state index in [0.29, 0.717) is 54.4 Å². The summed E-state index contributed by atoms with van der Waals surface area (Å²) in [6, 6.07) is 6.24.